The molecule has 0 aliphatic heterocycles. The molecule has 2 atom stereocenters. The minimum absolute atomic E-state index is 0.0361. The highest BCUT2D eigenvalue weighted by molar-refractivity contribution is 7.45. The molecule has 0 spiro atoms. The second kappa shape index (κ2) is 51.6. The van der Waals surface area contributed by atoms with E-state index in [1.54, 1.807) is 0 Å². The summed E-state index contributed by atoms with van der Waals surface area (Å²) >= 11 is 0. The number of phosphoric acid groups is 1. The molecular weight excluding hydrogens is 894 g/mol. The first kappa shape index (κ1) is 67.7. The molecule has 0 saturated carbocycles. The Morgan fingerprint density at radius 2 is 0.814 bits per heavy atom. The first-order valence-corrected chi connectivity index (χ1v) is 30.5. The molecule has 0 N–H and O–H groups in total. The number of quaternary nitrogens is 1. The highest BCUT2D eigenvalue weighted by atomic mass is 31.2. The van der Waals surface area contributed by atoms with Crippen molar-refractivity contribution in [1.29, 1.82) is 0 Å². The smallest absolute Gasteiger partial charge is 0.306 e. The van der Waals surface area contributed by atoms with Crippen LogP contribution in [0.15, 0.2) is 60.8 Å². The molecule has 0 bridgehead atoms. The van der Waals surface area contributed by atoms with Crippen molar-refractivity contribution >= 4 is 19.8 Å². The van der Waals surface area contributed by atoms with Crippen molar-refractivity contribution in [1.82, 2.24) is 0 Å². The van der Waals surface area contributed by atoms with Gasteiger partial charge in [-0.2, -0.15) is 0 Å². The number of carbonyl (C=O) groups is 2. The summed E-state index contributed by atoms with van der Waals surface area (Å²) in [5.74, 6) is -0.848. The summed E-state index contributed by atoms with van der Waals surface area (Å²) in [6.07, 6.45) is 65.5. The molecule has 9 nitrogen and oxygen atoms in total. The van der Waals surface area contributed by atoms with E-state index in [4.69, 9.17) is 18.5 Å². The zero-order valence-electron chi connectivity index (χ0n) is 46.2. The van der Waals surface area contributed by atoms with Gasteiger partial charge in [-0.1, -0.05) is 248 Å². The van der Waals surface area contributed by atoms with Crippen molar-refractivity contribution in [2.75, 3.05) is 47.5 Å². The summed E-state index contributed by atoms with van der Waals surface area (Å²) < 4.78 is 34.1. The average molecular weight is 1000 g/mol. The van der Waals surface area contributed by atoms with Gasteiger partial charge in [-0.25, -0.2) is 0 Å². The maximum Gasteiger partial charge on any atom is 0.306 e. The third-order valence-corrected chi connectivity index (χ3v) is 13.5. The normalized spacial score (nSPS) is 13.7. The molecule has 10 heteroatoms. The predicted octanol–water partition coefficient (Wildman–Crippen LogP) is 17.3. The number of likely N-dealkylation sites (N-methyl/N-ethyl adjacent to an activating group) is 1. The van der Waals surface area contributed by atoms with Gasteiger partial charge >= 0.3 is 11.9 Å². The summed E-state index contributed by atoms with van der Waals surface area (Å²) in [6.45, 7) is 4.13. The number of hydrogen-bond donors (Lipinski definition) is 0. The van der Waals surface area contributed by atoms with Gasteiger partial charge in [-0.3, -0.25) is 14.2 Å². The summed E-state index contributed by atoms with van der Waals surface area (Å²) in [5.41, 5.74) is 0. The molecular formula is C60H110NO8P. The number of ether oxygens (including phenoxy) is 2. The van der Waals surface area contributed by atoms with Crippen LogP contribution < -0.4 is 4.89 Å². The van der Waals surface area contributed by atoms with Crippen molar-refractivity contribution in [2.45, 2.75) is 264 Å². The minimum atomic E-state index is -4.64. The molecule has 2 unspecified atom stereocenters. The van der Waals surface area contributed by atoms with E-state index in [2.05, 4.69) is 74.6 Å². The molecule has 0 aromatic heterocycles. The average Bonchev–Trinajstić information content (AvgIpc) is 3.32. The van der Waals surface area contributed by atoms with E-state index in [0.717, 1.165) is 83.5 Å². The molecule has 0 amide bonds. The first-order valence-electron chi connectivity index (χ1n) is 29.0. The van der Waals surface area contributed by atoms with Crippen LogP contribution in [-0.4, -0.2) is 70.0 Å². The molecule has 408 valence electrons. The van der Waals surface area contributed by atoms with Crippen LogP contribution in [0.25, 0.3) is 0 Å². The Morgan fingerprint density at radius 1 is 0.457 bits per heavy atom. The number of hydrogen-bond acceptors (Lipinski definition) is 8. The monoisotopic (exact) mass is 1000 g/mol. The van der Waals surface area contributed by atoms with E-state index in [9.17, 15) is 19.0 Å². The summed E-state index contributed by atoms with van der Waals surface area (Å²) in [4.78, 5) is 37.9. The third kappa shape index (κ3) is 55.0. The topological polar surface area (TPSA) is 111 Å². The van der Waals surface area contributed by atoms with E-state index in [1.165, 1.54) is 141 Å². The minimum Gasteiger partial charge on any atom is -0.756 e. The summed E-state index contributed by atoms with van der Waals surface area (Å²) in [6, 6.07) is 0. The number of esters is 2. The molecule has 0 aromatic rings. The molecule has 0 heterocycles. The molecule has 70 heavy (non-hydrogen) atoms. The van der Waals surface area contributed by atoms with Gasteiger partial charge in [-0.05, 0) is 57.8 Å². The Kier molecular flexibility index (Phi) is 49.9. The molecule has 0 radical (unpaired) electrons. The van der Waals surface area contributed by atoms with Crippen LogP contribution >= 0.6 is 7.82 Å². The van der Waals surface area contributed by atoms with Crippen molar-refractivity contribution in [3.05, 3.63) is 60.8 Å². The summed E-state index contributed by atoms with van der Waals surface area (Å²) in [5, 5.41) is 0. The van der Waals surface area contributed by atoms with Gasteiger partial charge in [0.15, 0.2) is 6.10 Å². The molecule has 0 saturated heterocycles. The van der Waals surface area contributed by atoms with Crippen molar-refractivity contribution in [2.24, 2.45) is 0 Å². The third-order valence-electron chi connectivity index (χ3n) is 12.6. The quantitative estimate of drug-likeness (QED) is 0.0195. The second-order valence-electron chi connectivity index (χ2n) is 20.6. The number of carbonyl (C=O) groups excluding carboxylic acids is 2. The zero-order valence-corrected chi connectivity index (χ0v) is 47.1. The van der Waals surface area contributed by atoms with Crippen molar-refractivity contribution in [3.63, 3.8) is 0 Å². The SMILES string of the molecule is CC/C=C\C/C=C\C/C=C\C/C=C\C/C=C\CCCCCCCC(=O)OC(COC(=O)CCCCCCCCCCCCCCCCCCCCCCCCCCC)COP(=O)([O-])OCC[N+](C)(C)C. The Hall–Kier alpha value is -2.29. The fourth-order valence-electron chi connectivity index (χ4n) is 8.10. The number of rotatable bonds is 53. The van der Waals surface area contributed by atoms with Gasteiger partial charge in [-0.15, -0.1) is 0 Å². The number of allylic oxidation sites excluding steroid dienone is 10. The maximum absolute atomic E-state index is 12.8. The highest BCUT2D eigenvalue weighted by Gasteiger charge is 2.22. The van der Waals surface area contributed by atoms with E-state index in [1.807, 2.05) is 21.1 Å². The first-order chi connectivity index (χ1) is 34.0. The lowest BCUT2D eigenvalue weighted by molar-refractivity contribution is -0.870. The van der Waals surface area contributed by atoms with Crippen LogP contribution in [0.2, 0.25) is 0 Å². The van der Waals surface area contributed by atoms with Crippen LogP contribution in [0.5, 0.6) is 0 Å². The second-order valence-corrected chi connectivity index (χ2v) is 22.0. The van der Waals surface area contributed by atoms with Crippen LogP contribution in [0.3, 0.4) is 0 Å². The lowest BCUT2D eigenvalue weighted by Gasteiger charge is -2.28. The van der Waals surface area contributed by atoms with Gasteiger partial charge in [0.05, 0.1) is 27.7 Å². The Labute approximate surface area is 432 Å². The van der Waals surface area contributed by atoms with Gasteiger partial charge in [0.2, 0.25) is 0 Å². The van der Waals surface area contributed by atoms with Crippen LogP contribution in [0.1, 0.15) is 258 Å². The van der Waals surface area contributed by atoms with Gasteiger partial charge < -0.3 is 27.9 Å². The Balaban J connectivity index is 4.17. The molecule has 0 rings (SSSR count). The predicted molar refractivity (Wildman–Crippen MR) is 296 cm³/mol. The van der Waals surface area contributed by atoms with Crippen LogP contribution in [0, 0.1) is 0 Å². The fourth-order valence-corrected chi connectivity index (χ4v) is 8.82. The lowest BCUT2D eigenvalue weighted by atomic mass is 10.0. The lowest BCUT2D eigenvalue weighted by Crippen LogP contribution is -2.37. The van der Waals surface area contributed by atoms with E-state index in [-0.39, 0.29) is 32.0 Å². The molecule has 0 aliphatic rings. The summed E-state index contributed by atoms with van der Waals surface area (Å²) in [7, 11) is 1.15. The van der Waals surface area contributed by atoms with Crippen molar-refractivity contribution < 1.29 is 42.1 Å². The van der Waals surface area contributed by atoms with Gasteiger partial charge in [0, 0.05) is 12.8 Å². The largest absolute Gasteiger partial charge is 0.756 e. The molecule has 0 aromatic carbocycles. The van der Waals surface area contributed by atoms with Gasteiger partial charge in [0.1, 0.15) is 19.8 Å². The van der Waals surface area contributed by atoms with Crippen molar-refractivity contribution in [3.8, 4) is 0 Å². The van der Waals surface area contributed by atoms with Gasteiger partial charge in [0.25, 0.3) is 7.82 Å². The molecule has 0 fully saturated rings. The Morgan fingerprint density at radius 3 is 1.21 bits per heavy atom. The highest BCUT2D eigenvalue weighted by Crippen LogP contribution is 2.38. The fraction of sp³-hybridized carbons (Fsp3) is 0.800. The standard InChI is InChI=1S/C60H110NO8P/c1-6-8-10-12-14-16-18-20-22-24-26-28-29-30-31-33-34-36-38-40-42-44-46-48-50-52-59(62)66-56-58(57-68-70(64,65)67-55-54-61(3,4)5)69-60(63)53-51-49-47-45-43-41-39-37-35-32-27-25-23-21-19-17-15-13-11-9-7-2/h9,11,15,17,21,23,27,32,37,39,58H,6-8,10,12-14,16,18-20,22,24-26,28-31,33-36,38,40-57H2,1-5H3/b11-9-,17-15-,23-21-,32-27-,39-37-. The van der Waals surface area contributed by atoms with E-state index in [0.29, 0.717) is 17.4 Å². The number of unbranched alkanes of at least 4 members (excludes halogenated alkanes) is 29. The Bertz CT molecular complexity index is 1370. The van der Waals surface area contributed by atoms with E-state index >= 15 is 0 Å². The molecule has 0 aliphatic carbocycles. The van der Waals surface area contributed by atoms with Crippen LogP contribution in [-0.2, 0) is 32.7 Å². The zero-order chi connectivity index (χ0) is 51.3. The number of nitrogens with zero attached hydrogens (tertiary/aromatic N) is 1. The van der Waals surface area contributed by atoms with E-state index < -0.39 is 26.5 Å². The number of phosphoric ester groups is 1. The van der Waals surface area contributed by atoms with Crippen LogP contribution in [0.4, 0.5) is 0 Å². The maximum atomic E-state index is 12.8.